The van der Waals surface area contributed by atoms with Gasteiger partial charge in [0.1, 0.15) is 5.75 Å². The molecule has 0 bridgehead atoms. The Bertz CT molecular complexity index is 437. The van der Waals surface area contributed by atoms with E-state index >= 15 is 0 Å². The highest BCUT2D eigenvalue weighted by Crippen LogP contribution is 2.28. The summed E-state index contributed by atoms with van der Waals surface area (Å²) in [7, 11) is 0. The molecule has 0 saturated heterocycles. The fraction of sp³-hybridized carbons (Fsp3) is 0.500. The molecule has 1 rings (SSSR count). The van der Waals surface area contributed by atoms with Gasteiger partial charge in [0, 0.05) is 10.5 Å². The second kappa shape index (κ2) is 7.90. The largest absolute Gasteiger partial charge is 0.480 e. The molecule has 0 unspecified atom stereocenters. The molecule has 106 valence electrons. The quantitative estimate of drug-likeness (QED) is 0.784. The fourth-order valence-corrected chi connectivity index (χ4v) is 2.82. The molecule has 1 aromatic carbocycles. The number of rotatable bonds is 6. The van der Waals surface area contributed by atoms with Crippen LogP contribution in [0.25, 0.3) is 0 Å². The van der Waals surface area contributed by atoms with Gasteiger partial charge in [-0.05, 0) is 54.4 Å². The van der Waals surface area contributed by atoms with Crippen molar-refractivity contribution >= 4 is 37.8 Å². The third kappa shape index (κ3) is 5.53. The van der Waals surface area contributed by atoms with Crippen LogP contribution in [0.4, 0.5) is 0 Å². The van der Waals surface area contributed by atoms with E-state index in [9.17, 15) is 4.79 Å². The normalized spacial score (nSPS) is 13.7. The maximum atomic E-state index is 12.0. The summed E-state index contributed by atoms with van der Waals surface area (Å²) >= 11 is 6.79. The van der Waals surface area contributed by atoms with Crippen LogP contribution in [-0.2, 0) is 4.79 Å². The van der Waals surface area contributed by atoms with Crippen LogP contribution < -0.4 is 10.1 Å². The molecule has 0 aliphatic heterocycles. The number of ether oxygens (including phenoxy) is 1. The molecule has 0 fully saturated rings. The topological polar surface area (TPSA) is 38.3 Å². The maximum absolute atomic E-state index is 12.0. The van der Waals surface area contributed by atoms with E-state index in [0.29, 0.717) is 5.75 Å². The highest BCUT2D eigenvalue weighted by Gasteiger charge is 2.17. The van der Waals surface area contributed by atoms with Crippen LogP contribution in [0.15, 0.2) is 27.1 Å². The van der Waals surface area contributed by atoms with E-state index in [1.165, 1.54) is 0 Å². The molecule has 0 saturated carbocycles. The number of hydrogen-bond acceptors (Lipinski definition) is 2. The maximum Gasteiger partial charge on any atom is 0.260 e. The van der Waals surface area contributed by atoms with Crippen molar-refractivity contribution in [1.29, 1.82) is 0 Å². The van der Waals surface area contributed by atoms with Crippen molar-refractivity contribution in [2.24, 2.45) is 0 Å². The standard InChI is InChI=1S/C14H19Br2NO2/c1-4-5-9(2)17-14(18)10(3)19-13-7-6-11(15)8-12(13)16/h6-10H,4-5H2,1-3H3,(H,17,18)/t9-,10+/m0/s1. The van der Waals surface area contributed by atoms with E-state index in [-0.39, 0.29) is 11.9 Å². The van der Waals surface area contributed by atoms with Crippen molar-refractivity contribution in [2.75, 3.05) is 0 Å². The summed E-state index contributed by atoms with van der Waals surface area (Å²) < 4.78 is 7.44. The van der Waals surface area contributed by atoms with Gasteiger partial charge in [-0.1, -0.05) is 29.3 Å². The van der Waals surface area contributed by atoms with E-state index < -0.39 is 6.10 Å². The Kier molecular flexibility index (Phi) is 6.86. The number of benzene rings is 1. The number of hydrogen-bond donors (Lipinski definition) is 1. The van der Waals surface area contributed by atoms with Gasteiger partial charge < -0.3 is 10.1 Å². The lowest BCUT2D eigenvalue weighted by atomic mass is 10.2. The first kappa shape index (κ1) is 16.5. The van der Waals surface area contributed by atoms with Crippen molar-refractivity contribution in [3.05, 3.63) is 27.1 Å². The summed E-state index contributed by atoms with van der Waals surface area (Å²) in [6.45, 7) is 5.85. The van der Waals surface area contributed by atoms with Crippen molar-refractivity contribution in [2.45, 2.75) is 45.8 Å². The Morgan fingerprint density at radius 3 is 2.63 bits per heavy atom. The Labute approximate surface area is 131 Å². The van der Waals surface area contributed by atoms with Gasteiger partial charge in [-0.25, -0.2) is 0 Å². The van der Waals surface area contributed by atoms with Crippen LogP contribution in [0.1, 0.15) is 33.6 Å². The number of carbonyl (C=O) groups is 1. The number of nitrogens with one attached hydrogen (secondary N) is 1. The summed E-state index contributed by atoms with van der Waals surface area (Å²) in [6.07, 6.45) is 1.51. The molecule has 0 spiro atoms. The van der Waals surface area contributed by atoms with E-state index in [1.54, 1.807) is 6.92 Å². The molecular weight excluding hydrogens is 374 g/mol. The van der Waals surface area contributed by atoms with Gasteiger partial charge in [-0.2, -0.15) is 0 Å². The van der Waals surface area contributed by atoms with E-state index in [4.69, 9.17) is 4.74 Å². The third-order valence-electron chi connectivity index (χ3n) is 2.68. The Morgan fingerprint density at radius 1 is 1.37 bits per heavy atom. The van der Waals surface area contributed by atoms with Gasteiger partial charge in [0.15, 0.2) is 6.10 Å². The van der Waals surface area contributed by atoms with Crippen molar-refractivity contribution in [1.82, 2.24) is 5.32 Å². The second-order valence-electron chi connectivity index (χ2n) is 4.53. The van der Waals surface area contributed by atoms with Crippen molar-refractivity contribution < 1.29 is 9.53 Å². The molecule has 19 heavy (non-hydrogen) atoms. The molecule has 0 aliphatic carbocycles. The Hall–Kier alpha value is -0.550. The zero-order valence-electron chi connectivity index (χ0n) is 11.4. The van der Waals surface area contributed by atoms with Gasteiger partial charge in [0.05, 0.1) is 4.47 Å². The molecule has 0 heterocycles. The summed E-state index contributed by atoms with van der Waals surface area (Å²) in [5.74, 6) is 0.574. The smallest absolute Gasteiger partial charge is 0.260 e. The molecule has 5 heteroatoms. The monoisotopic (exact) mass is 391 g/mol. The van der Waals surface area contributed by atoms with Gasteiger partial charge in [0.2, 0.25) is 0 Å². The van der Waals surface area contributed by atoms with E-state index in [0.717, 1.165) is 21.8 Å². The zero-order chi connectivity index (χ0) is 14.4. The third-order valence-corrected chi connectivity index (χ3v) is 3.79. The van der Waals surface area contributed by atoms with E-state index in [2.05, 4.69) is 44.1 Å². The summed E-state index contributed by atoms with van der Waals surface area (Å²) in [5.41, 5.74) is 0. The first-order valence-electron chi connectivity index (χ1n) is 6.36. The first-order valence-corrected chi connectivity index (χ1v) is 7.94. The average molecular weight is 393 g/mol. The molecule has 1 aromatic rings. The minimum Gasteiger partial charge on any atom is -0.480 e. The zero-order valence-corrected chi connectivity index (χ0v) is 14.5. The predicted molar refractivity (Wildman–Crippen MR) is 84.4 cm³/mol. The molecule has 2 atom stereocenters. The molecule has 0 aliphatic rings. The van der Waals surface area contributed by atoms with Crippen LogP contribution in [0.2, 0.25) is 0 Å². The first-order chi connectivity index (χ1) is 8.93. The minimum atomic E-state index is -0.517. The van der Waals surface area contributed by atoms with Crippen molar-refractivity contribution in [3.8, 4) is 5.75 Å². The van der Waals surface area contributed by atoms with Crippen LogP contribution in [0.5, 0.6) is 5.75 Å². The average Bonchev–Trinajstić information content (AvgIpc) is 2.32. The summed E-state index contributed by atoms with van der Waals surface area (Å²) in [5, 5.41) is 2.94. The fourth-order valence-electron chi connectivity index (χ4n) is 1.68. The van der Waals surface area contributed by atoms with Crippen LogP contribution in [0, 0.1) is 0 Å². The Morgan fingerprint density at radius 2 is 2.05 bits per heavy atom. The number of carbonyl (C=O) groups excluding carboxylic acids is 1. The van der Waals surface area contributed by atoms with Crippen LogP contribution >= 0.6 is 31.9 Å². The molecule has 0 radical (unpaired) electrons. The lowest BCUT2D eigenvalue weighted by molar-refractivity contribution is -0.127. The van der Waals surface area contributed by atoms with Gasteiger partial charge in [0.25, 0.3) is 5.91 Å². The Balaban J connectivity index is 2.58. The molecule has 3 nitrogen and oxygen atoms in total. The molecule has 1 N–H and O–H groups in total. The van der Waals surface area contributed by atoms with E-state index in [1.807, 2.05) is 25.1 Å². The lowest BCUT2D eigenvalue weighted by Gasteiger charge is -2.19. The molecule has 1 amide bonds. The SMILES string of the molecule is CCC[C@H](C)NC(=O)[C@@H](C)Oc1ccc(Br)cc1Br. The van der Waals surface area contributed by atoms with Gasteiger partial charge in [-0.3, -0.25) is 4.79 Å². The van der Waals surface area contributed by atoms with Gasteiger partial charge in [-0.15, -0.1) is 0 Å². The summed E-state index contributed by atoms with van der Waals surface area (Å²) in [4.78, 5) is 12.0. The van der Waals surface area contributed by atoms with Crippen LogP contribution in [0.3, 0.4) is 0 Å². The summed E-state index contributed by atoms with van der Waals surface area (Å²) in [6, 6.07) is 5.77. The lowest BCUT2D eigenvalue weighted by Crippen LogP contribution is -2.41. The number of amides is 1. The highest BCUT2D eigenvalue weighted by molar-refractivity contribution is 9.11. The van der Waals surface area contributed by atoms with Gasteiger partial charge >= 0.3 is 0 Å². The predicted octanol–water partition coefficient (Wildman–Crippen LogP) is 4.28. The minimum absolute atomic E-state index is 0.0873. The number of halogens is 2. The van der Waals surface area contributed by atoms with Crippen LogP contribution in [-0.4, -0.2) is 18.1 Å². The molecule has 0 aromatic heterocycles. The second-order valence-corrected chi connectivity index (χ2v) is 6.30. The highest BCUT2D eigenvalue weighted by atomic mass is 79.9. The molecular formula is C14H19Br2NO2. The van der Waals surface area contributed by atoms with Crippen molar-refractivity contribution in [3.63, 3.8) is 0 Å².